The minimum atomic E-state index is -0.0734. The van der Waals surface area contributed by atoms with Crippen LogP contribution in [0, 0.1) is 5.41 Å². The van der Waals surface area contributed by atoms with E-state index in [4.69, 9.17) is 10.5 Å². The van der Waals surface area contributed by atoms with Crippen LogP contribution in [0.2, 0.25) is 0 Å². The standard InChI is InChI=1S/C14H30N2O/c1-10-8-16(9-14(6,7)17-10)12(11(2)15)13(3,4)5/h10-12H,8-9,15H2,1-7H3. The molecule has 0 amide bonds. The first-order valence-corrected chi connectivity index (χ1v) is 6.70. The summed E-state index contributed by atoms with van der Waals surface area (Å²) in [4.78, 5) is 2.51. The third-order valence-corrected chi connectivity index (χ3v) is 3.37. The first-order chi connectivity index (χ1) is 7.53. The lowest BCUT2D eigenvalue weighted by atomic mass is 9.81. The molecule has 1 fully saturated rings. The van der Waals surface area contributed by atoms with Crippen LogP contribution in [0.1, 0.15) is 48.5 Å². The van der Waals surface area contributed by atoms with Gasteiger partial charge in [0.05, 0.1) is 11.7 Å². The number of morpholine rings is 1. The van der Waals surface area contributed by atoms with E-state index in [1.807, 2.05) is 0 Å². The first-order valence-electron chi connectivity index (χ1n) is 6.70. The molecule has 1 aliphatic rings. The molecule has 3 heteroatoms. The summed E-state index contributed by atoms with van der Waals surface area (Å²) in [5.41, 5.74) is 6.33. The van der Waals surface area contributed by atoms with Crippen LogP contribution in [-0.4, -0.2) is 41.8 Å². The maximum atomic E-state index is 6.21. The molecule has 102 valence electrons. The SMILES string of the molecule is CC1CN(C(C(C)N)C(C)(C)C)CC(C)(C)O1. The second-order valence-electron chi connectivity index (χ2n) is 7.29. The second-order valence-corrected chi connectivity index (χ2v) is 7.29. The van der Waals surface area contributed by atoms with Crippen LogP contribution < -0.4 is 5.73 Å². The van der Waals surface area contributed by atoms with Crippen LogP contribution >= 0.6 is 0 Å². The van der Waals surface area contributed by atoms with Crippen molar-refractivity contribution in [3.8, 4) is 0 Å². The zero-order chi connectivity index (χ0) is 13.4. The van der Waals surface area contributed by atoms with Crippen molar-refractivity contribution in [3.63, 3.8) is 0 Å². The summed E-state index contributed by atoms with van der Waals surface area (Å²) in [6.07, 6.45) is 0.280. The van der Waals surface area contributed by atoms with Crippen LogP contribution in [0.4, 0.5) is 0 Å². The largest absolute Gasteiger partial charge is 0.370 e. The molecule has 0 aromatic heterocycles. The molecule has 0 spiro atoms. The van der Waals surface area contributed by atoms with Gasteiger partial charge in [-0.3, -0.25) is 4.90 Å². The monoisotopic (exact) mass is 242 g/mol. The molecule has 3 unspecified atom stereocenters. The van der Waals surface area contributed by atoms with E-state index in [2.05, 4.69) is 53.4 Å². The molecule has 0 radical (unpaired) electrons. The summed E-state index contributed by atoms with van der Waals surface area (Å²) < 4.78 is 5.96. The first kappa shape index (κ1) is 14.9. The van der Waals surface area contributed by atoms with Gasteiger partial charge >= 0.3 is 0 Å². The third-order valence-electron chi connectivity index (χ3n) is 3.37. The van der Waals surface area contributed by atoms with E-state index >= 15 is 0 Å². The van der Waals surface area contributed by atoms with Crippen LogP contribution in [0.5, 0.6) is 0 Å². The van der Waals surface area contributed by atoms with Gasteiger partial charge in [-0.2, -0.15) is 0 Å². The quantitative estimate of drug-likeness (QED) is 0.807. The Bertz CT molecular complexity index is 255. The van der Waals surface area contributed by atoms with Crippen molar-refractivity contribution in [2.24, 2.45) is 11.1 Å². The molecule has 0 bridgehead atoms. The normalized spacial score (nSPS) is 30.0. The zero-order valence-electron chi connectivity index (χ0n) is 12.6. The molecule has 1 heterocycles. The highest BCUT2D eigenvalue weighted by molar-refractivity contribution is 4.94. The summed E-state index contributed by atoms with van der Waals surface area (Å²) in [5.74, 6) is 0. The number of nitrogens with zero attached hydrogens (tertiary/aromatic N) is 1. The predicted molar refractivity (Wildman–Crippen MR) is 73.1 cm³/mol. The average molecular weight is 242 g/mol. The van der Waals surface area contributed by atoms with Gasteiger partial charge in [-0.25, -0.2) is 0 Å². The summed E-state index contributed by atoms with van der Waals surface area (Å²) >= 11 is 0. The van der Waals surface area contributed by atoms with Crippen molar-refractivity contribution in [2.75, 3.05) is 13.1 Å². The number of nitrogens with two attached hydrogens (primary N) is 1. The van der Waals surface area contributed by atoms with Gasteiger partial charge in [-0.1, -0.05) is 20.8 Å². The lowest BCUT2D eigenvalue weighted by Crippen LogP contribution is -2.62. The molecule has 3 atom stereocenters. The van der Waals surface area contributed by atoms with Gasteiger partial charge in [-0.05, 0) is 33.1 Å². The van der Waals surface area contributed by atoms with Gasteiger partial charge in [0.2, 0.25) is 0 Å². The second kappa shape index (κ2) is 4.87. The fourth-order valence-electron chi connectivity index (χ4n) is 3.38. The van der Waals surface area contributed by atoms with E-state index in [-0.39, 0.29) is 23.2 Å². The van der Waals surface area contributed by atoms with E-state index in [0.29, 0.717) is 6.04 Å². The summed E-state index contributed by atoms with van der Waals surface area (Å²) in [6.45, 7) is 17.3. The summed E-state index contributed by atoms with van der Waals surface area (Å²) in [5, 5.41) is 0. The van der Waals surface area contributed by atoms with Gasteiger partial charge in [0.1, 0.15) is 0 Å². The molecule has 3 nitrogen and oxygen atoms in total. The Hall–Kier alpha value is -0.120. The minimum Gasteiger partial charge on any atom is -0.370 e. The fraction of sp³-hybridized carbons (Fsp3) is 1.00. The Kier molecular flexibility index (Phi) is 4.28. The Morgan fingerprint density at radius 3 is 2.24 bits per heavy atom. The third kappa shape index (κ3) is 3.94. The van der Waals surface area contributed by atoms with E-state index in [9.17, 15) is 0 Å². The average Bonchev–Trinajstić information content (AvgIpc) is 1.93. The molecular weight excluding hydrogens is 212 g/mol. The minimum absolute atomic E-state index is 0.0734. The van der Waals surface area contributed by atoms with Crippen LogP contribution in [0.3, 0.4) is 0 Å². The highest BCUT2D eigenvalue weighted by Gasteiger charge is 2.40. The smallest absolute Gasteiger partial charge is 0.0757 e. The van der Waals surface area contributed by atoms with E-state index < -0.39 is 0 Å². The topological polar surface area (TPSA) is 38.5 Å². The van der Waals surface area contributed by atoms with E-state index in [0.717, 1.165) is 13.1 Å². The Morgan fingerprint density at radius 1 is 1.35 bits per heavy atom. The molecular formula is C14H30N2O. The van der Waals surface area contributed by atoms with Crippen LogP contribution in [0.15, 0.2) is 0 Å². The lowest BCUT2D eigenvalue weighted by Gasteiger charge is -2.50. The molecule has 0 aliphatic carbocycles. The molecule has 1 rings (SSSR count). The summed E-state index contributed by atoms with van der Waals surface area (Å²) in [6, 6.07) is 0.573. The highest BCUT2D eigenvalue weighted by Crippen LogP contribution is 2.31. The molecule has 0 aromatic carbocycles. The van der Waals surface area contributed by atoms with Crippen molar-refractivity contribution in [3.05, 3.63) is 0 Å². The van der Waals surface area contributed by atoms with Gasteiger partial charge in [-0.15, -0.1) is 0 Å². The molecule has 17 heavy (non-hydrogen) atoms. The van der Waals surface area contributed by atoms with Crippen LogP contribution in [0.25, 0.3) is 0 Å². The maximum Gasteiger partial charge on any atom is 0.0757 e. The van der Waals surface area contributed by atoms with Gasteiger partial charge in [0.15, 0.2) is 0 Å². The predicted octanol–water partition coefficient (Wildman–Crippen LogP) is 2.25. The number of ether oxygens (including phenoxy) is 1. The van der Waals surface area contributed by atoms with Crippen molar-refractivity contribution < 1.29 is 4.74 Å². The zero-order valence-corrected chi connectivity index (χ0v) is 12.6. The number of hydrogen-bond acceptors (Lipinski definition) is 3. The molecule has 1 saturated heterocycles. The van der Waals surface area contributed by atoms with E-state index in [1.165, 1.54) is 0 Å². The Labute approximate surface area is 107 Å². The van der Waals surface area contributed by atoms with E-state index in [1.54, 1.807) is 0 Å². The maximum absolute atomic E-state index is 6.21. The number of rotatable bonds is 2. The van der Waals surface area contributed by atoms with Crippen molar-refractivity contribution in [2.45, 2.75) is 72.3 Å². The van der Waals surface area contributed by atoms with Crippen molar-refractivity contribution in [1.82, 2.24) is 4.90 Å². The lowest BCUT2D eigenvalue weighted by molar-refractivity contribution is -0.148. The van der Waals surface area contributed by atoms with Crippen molar-refractivity contribution >= 4 is 0 Å². The highest BCUT2D eigenvalue weighted by atomic mass is 16.5. The number of hydrogen-bond donors (Lipinski definition) is 1. The van der Waals surface area contributed by atoms with Crippen molar-refractivity contribution in [1.29, 1.82) is 0 Å². The Morgan fingerprint density at radius 2 is 1.88 bits per heavy atom. The molecule has 0 saturated carbocycles. The molecule has 1 aliphatic heterocycles. The van der Waals surface area contributed by atoms with Gasteiger partial charge in [0.25, 0.3) is 0 Å². The summed E-state index contributed by atoms with van der Waals surface area (Å²) in [7, 11) is 0. The van der Waals surface area contributed by atoms with Crippen LogP contribution in [-0.2, 0) is 4.74 Å². The Balaban J connectivity index is 2.88. The van der Waals surface area contributed by atoms with Gasteiger partial charge in [0, 0.05) is 25.2 Å². The molecule has 2 N–H and O–H groups in total. The molecule has 0 aromatic rings. The fourth-order valence-corrected chi connectivity index (χ4v) is 3.38. The van der Waals surface area contributed by atoms with Gasteiger partial charge < -0.3 is 10.5 Å².